The molecule has 4 aromatic rings. The molecule has 0 unspecified atom stereocenters. The number of ether oxygens (including phenoxy) is 1. The molecule has 0 atom stereocenters. The van der Waals surface area contributed by atoms with Gasteiger partial charge in [0, 0.05) is 36.6 Å². The van der Waals surface area contributed by atoms with Crippen LogP contribution in [-0.2, 0) is 6.54 Å². The van der Waals surface area contributed by atoms with E-state index in [4.69, 9.17) is 4.74 Å². The molecule has 1 N–H and O–H groups in total. The highest BCUT2D eigenvalue weighted by molar-refractivity contribution is 5.94. The first-order valence-corrected chi connectivity index (χ1v) is 9.32. The molecule has 0 bridgehead atoms. The number of hydrogen-bond acceptors (Lipinski definition) is 4. The fourth-order valence-electron chi connectivity index (χ4n) is 3.12. The first-order chi connectivity index (χ1) is 14.5. The minimum absolute atomic E-state index is 0.213. The van der Waals surface area contributed by atoms with Crippen molar-refractivity contribution in [3.8, 4) is 17.0 Å². The van der Waals surface area contributed by atoms with Crippen molar-refractivity contribution in [2.45, 2.75) is 6.54 Å². The molecule has 0 radical (unpaired) electrons. The number of nitrogens with one attached hydrogen (secondary N) is 1. The molecule has 0 aliphatic heterocycles. The van der Waals surface area contributed by atoms with Gasteiger partial charge in [0.1, 0.15) is 17.1 Å². The summed E-state index contributed by atoms with van der Waals surface area (Å²) >= 11 is 0. The van der Waals surface area contributed by atoms with Crippen LogP contribution >= 0.6 is 0 Å². The number of methoxy groups -OCH3 is 1. The molecule has 2 heterocycles. The van der Waals surface area contributed by atoms with Gasteiger partial charge in [-0.25, -0.2) is 8.91 Å². The minimum Gasteiger partial charge on any atom is -0.497 e. The van der Waals surface area contributed by atoms with Crippen LogP contribution in [0.3, 0.4) is 0 Å². The van der Waals surface area contributed by atoms with Crippen LogP contribution in [0.2, 0.25) is 0 Å². The molecule has 0 saturated carbocycles. The highest BCUT2D eigenvalue weighted by atomic mass is 19.1. The van der Waals surface area contributed by atoms with E-state index in [0.717, 1.165) is 5.56 Å². The first kappa shape index (κ1) is 19.4. The van der Waals surface area contributed by atoms with Crippen molar-refractivity contribution in [1.29, 1.82) is 0 Å². The van der Waals surface area contributed by atoms with Gasteiger partial charge in [-0.1, -0.05) is 12.1 Å². The molecule has 8 heteroatoms. The fourth-order valence-corrected chi connectivity index (χ4v) is 3.12. The predicted octanol–water partition coefficient (Wildman–Crippen LogP) is 2.74. The highest BCUT2D eigenvalue weighted by Gasteiger charge is 2.10. The zero-order chi connectivity index (χ0) is 21.1. The normalized spacial score (nSPS) is 10.9. The molecule has 30 heavy (non-hydrogen) atoms. The molecule has 152 valence electrons. The Morgan fingerprint density at radius 2 is 1.93 bits per heavy atom. The molecule has 0 aliphatic rings. The molecular weight excluding hydrogens is 387 g/mol. The molecular formula is C22H19FN4O3. The second-order valence-electron chi connectivity index (χ2n) is 6.65. The van der Waals surface area contributed by atoms with Crippen molar-refractivity contribution in [3.63, 3.8) is 0 Å². The second-order valence-corrected chi connectivity index (χ2v) is 6.65. The van der Waals surface area contributed by atoms with Crippen molar-refractivity contribution in [2.24, 2.45) is 0 Å². The summed E-state index contributed by atoms with van der Waals surface area (Å²) in [6.45, 7) is 0.547. The van der Waals surface area contributed by atoms with Crippen LogP contribution in [0.4, 0.5) is 4.39 Å². The molecule has 0 spiro atoms. The number of halogens is 1. The largest absolute Gasteiger partial charge is 0.497 e. The van der Waals surface area contributed by atoms with Gasteiger partial charge in [0.25, 0.3) is 11.5 Å². The SMILES string of the molecule is COc1cccc(-c2cc3c(=O)n(CCNC(=O)c4ccc(F)cc4)ccn3n2)c1. The monoisotopic (exact) mass is 406 g/mol. The summed E-state index contributed by atoms with van der Waals surface area (Å²) in [7, 11) is 1.59. The zero-order valence-electron chi connectivity index (χ0n) is 16.2. The van der Waals surface area contributed by atoms with E-state index < -0.39 is 5.82 Å². The van der Waals surface area contributed by atoms with Gasteiger partial charge in [0.2, 0.25) is 0 Å². The Kier molecular flexibility index (Phi) is 5.30. The number of nitrogens with zero attached hydrogens (tertiary/aromatic N) is 3. The summed E-state index contributed by atoms with van der Waals surface area (Å²) in [6, 6.07) is 14.5. The van der Waals surface area contributed by atoms with Crippen LogP contribution < -0.4 is 15.6 Å². The van der Waals surface area contributed by atoms with Crippen molar-refractivity contribution in [3.05, 3.63) is 88.7 Å². The predicted molar refractivity (Wildman–Crippen MR) is 110 cm³/mol. The maximum absolute atomic E-state index is 13.0. The molecule has 4 rings (SSSR count). The number of aromatic nitrogens is 3. The average molecular weight is 406 g/mol. The number of rotatable bonds is 6. The second kappa shape index (κ2) is 8.20. The van der Waals surface area contributed by atoms with Crippen LogP contribution in [0.15, 0.2) is 71.8 Å². The van der Waals surface area contributed by atoms with Crippen molar-refractivity contribution < 1.29 is 13.9 Å². The molecule has 1 amide bonds. The van der Waals surface area contributed by atoms with Gasteiger partial charge in [-0.15, -0.1) is 0 Å². The Morgan fingerprint density at radius 1 is 1.13 bits per heavy atom. The summed E-state index contributed by atoms with van der Waals surface area (Å²) in [5, 5.41) is 7.19. The molecule has 2 aromatic heterocycles. The summed E-state index contributed by atoms with van der Waals surface area (Å²) < 4.78 is 21.2. The Hall–Kier alpha value is -3.94. The van der Waals surface area contributed by atoms with E-state index >= 15 is 0 Å². The van der Waals surface area contributed by atoms with Gasteiger partial charge in [0.05, 0.1) is 12.8 Å². The smallest absolute Gasteiger partial charge is 0.276 e. The minimum atomic E-state index is -0.402. The van der Waals surface area contributed by atoms with Gasteiger partial charge in [-0.2, -0.15) is 5.10 Å². The lowest BCUT2D eigenvalue weighted by Gasteiger charge is -2.08. The lowest BCUT2D eigenvalue weighted by Crippen LogP contribution is -2.31. The van der Waals surface area contributed by atoms with Crippen LogP contribution in [0.1, 0.15) is 10.4 Å². The maximum Gasteiger partial charge on any atom is 0.276 e. The average Bonchev–Trinajstić information content (AvgIpc) is 3.21. The molecule has 0 fully saturated rings. The number of carbonyl (C=O) groups is 1. The third-order valence-corrected chi connectivity index (χ3v) is 4.71. The van der Waals surface area contributed by atoms with Crippen LogP contribution in [-0.4, -0.2) is 33.7 Å². The third-order valence-electron chi connectivity index (χ3n) is 4.71. The van der Waals surface area contributed by atoms with E-state index in [9.17, 15) is 14.0 Å². The maximum atomic E-state index is 13.0. The summed E-state index contributed by atoms with van der Waals surface area (Å²) in [5.41, 5.74) is 2.08. The van der Waals surface area contributed by atoms with Gasteiger partial charge >= 0.3 is 0 Å². The number of carbonyl (C=O) groups excluding carboxylic acids is 1. The molecule has 2 aromatic carbocycles. The summed E-state index contributed by atoms with van der Waals surface area (Å²) in [6.07, 6.45) is 3.32. The Bertz CT molecular complexity index is 1260. The summed E-state index contributed by atoms with van der Waals surface area (Å²) in [5.74, 6) is -0.0202. The van der Waals surface area contributed by atoms with Crippen molar-refractivity contribution in [1.82, 2.24) is 19.5 Å². The third kappa shape index (κ3) is 3.93. The number of benzene rings is 2. The van der Waals surface area contributed by atoms with Crippen molar-refractivity contribution in [2.75, 3.05) is 13.7 Å². The van der Waals surface area contributed by atoms with Gasteiger partial charge < -0.3 is 14.6 Å². The van der Waals surface area contributed by atoms with Crippen LogP contribution in [0.5, 0.6) is 5.75 Å². The van der Waals surface area contributed by atoms with E-state index in [0.29, 0.717) is 29.1 Å². The Morgan fingerprint density at radius 3 is 2.70 bits per heavy atom. The van der Waals surface area contributed by atoms with Gasteiger partial charge in [-0.3, -0.25) is 9.59 Å². The first-order valence-electron chi connectivity index (χ1n) is 9.32. The Balaban J connectivity index is 1.50. The highest BCUT2D eigenvalue weighted by Crippen LogP contribution is 2.23. The fraction of sp³-hybridized carbons (Fsp3) is 0.136. The Labute approximate surface area is 171 Å². The zero-order valence-corrected chi connectivity index (χ0v) is 16.2. The van der Waals surface area contributed by atoms with E-state index in [-0.39, 0.29) is 18.0 Å². The molecule has 0 aliphatic carbocycles. The number of fused-ring (bicyclic) bond motifs is 1. The van der Waals surface area contributed by atoms with Gasteiger partial charge in [0.15, 0.2) is 0 Å². The topological polar surface area (TPSA) is 77.6 Å². The van der Waals surface area contributed by atoms with E-state index in [1.807, 2.05) is 24.3 Å². The molecule has 0 saturated heterocycles. The standard InChI is InChI=1S/C22H19FN4O3/c1-30-18-4-2-3-16(13-18)19-14-20-22(29)26(11-12-27(20)25-19)10-9-24-21(28)15-5-7-17(23)8-6-15/h2-8,11-14H,9-10H2,1H3,(H,24,28). The van der Waals surface area contributed by atoms with Crippen molar-refractivity contribution >= 4 is 11.4 Å². The van der Waals surface area contributed by atoms with Crippen LogP contribution in [0.25, 0.3) is 16.8 Å². The van der Waals surface area contributed by atoms with Gasteiger partial charge in [-0.05, 0) is 42.5 Å². The lowest BCUT2D eigenvalue weighted by atomic mass is 10.1. The van der Waals surface area contributed by atoms with E-state index in [2.05, 4.69) is 10.4 Å². The number of amides is 1. The quantitative estimate of drug-likeness (QED) is 0.534. The lowest BCUT2D eigenvalue weighted by molar-refractivity contribution is 0.0952. The molecule has 7 nitrogen and oxygen atoms in total. The van der Waals surface area contributed by atoms with Crippen LogP contribution in [0, 0.1) is 5.82 Å². The van der Waals surface area contributed by atoms with E-state index in [1.54, 1.807) is 25.6 Å². The number of hydrogen-bond donors (Lipinski definition) is 1. The summed E-state index contributed by atoms with van der Waals surface area (Å²) in [4.78, 5) is 24.9. The van der Waals surface area contributed by atoms with E-state index in [1.165, 1.54) is 33.3 Å².